The quantitative estimate of drug-likeness (QED) is 0.928. The molecule has 0 aliphatic carbocycles. The normalized spacial score (nSPS) is 17.7. The van der Waals surface area contributed by atoms with Crippen molar-refractivity contribution in [2.75, 3.05) is 20.1 Å². The lowest BCUT2D eigenvalue weighted by Crippen LogP contribution is -2.32. The molecule has 0 radical (unpaired) electrons. The van der Waals surface area contributed by atoms with E-state index < -0.39 is 10.0 Å². The van der Waals surface area contributed by atoms with Crippen LogP contribution >= 0.6 is 0 Å². The van der Waals surface area contributed by atoms with Crippen LogP contribution < -0.4 is 5.32 Å². The predicted octanol–water partition coefficient (Wildman–Crippen LogP) is 2.42. The van der Waals surface area contributed by atoms with E-state index in [-0.39, 0.29) is 10.7 Å². The van der Waals surface area contributed by atoms with Gasteiger partial charge in [0.05, 0.1) is 4.90 Å². The van der Waals surface area contributed by atoms with E-state index in [1.807, 2.05) is 0 Å². The molecule has 21 heavy (non-hydrogen) atoms. The molecule has 1 aliphatic rings. The number of rotatable bonds is 4. The Balaban J connectivity index is 2.39. The highest BCUT2D eigenvalue weighted by molar-refractivity contribution is 7.89. The fourth-order valence-electron chi connectivity index (χ4n) is 2.71. The second-order valence-corrected chi connectivity index (χ2v) is 7.50. The summed E-state index contributed by atoms with van der Waals surface area (Å²) in [6, 6.07) is 2.90. The van der Waals surface area contributed by atoms with Crippen molar-refractivity contribution in [3.05, 3.63) is 29.1 Å². The lowest BCUT2D eigenvalue weighted by molar-refractivity contribution is 0.423. The molecule has 0 saturated carbocycles. The minimum absolute atomic E-state index is 0.202. The van der Waals surface area contributed by atoms with Gasteiger partial charge in [0.15, 0.2) is 0 Å². The van der Waals surface area contributed by atoms with Crippen LogP contribution in [0.5, 0.6) is 0 Å². The summed E-state index contributed by atoms with van der Waals surface area (Å²) < 4.78 is 41.0. The number of nitrogens with one attached hydrogen (secondary N) is 1. The zero-order chi connectivity index (χ0) is 15.5. The van der Waals surface area contributed by atoms with Gasteiger partial charge in [0.25, 0.3) is 0 Å². The maximum Gasteiger partial charge on any atom is 0.243 e. The van der Waals surface area contributed by atoms with E-state index >= 15 is 0 Å². The Bertz CT molecular complexity index is 594. The van der Waals surface area contributed by atoms with Crippen molar-refractivity contribution in [2.45, 2.75) is 44.0 Å². The van der Waals surface area contributed by atoms with Crippen molar-refractivity contribution in [1.82, 2.24) is 9.62 Å². The van der Waals surface area contributed by atoms with Gasteiger partial charge in [-0.2, -0.15) is 4.31 Å². The van der Waals surface area contributed by atoms with Crippen molar-refractivity contribution in [2.24, 2.45) is 0 Å². The Morgan fingerprint density at radius 2 is 1.81 bits per heavy atom. The highest BCUT2D eigenvalue weighted by Gasteiger charge is 2.26. The van der Waals surface area contributed by atoms with Crippen LogP contribution in [0, 0.1) is 12.7 Å². The van der Waals surface area contributed by atoms with Crippen LogP contribution in [0.25, 0.3) is 0 Å². The molecule has 6 heteroatoms. The Labute approximate surface area is 126 Å². The summed E-state index contributed by atoms with van der Waals surface area (Å²) in [6.45, 7) is 3.03. The minimum Gasteiger partial charge on any atom is -0.316 e. The van der Waals surface area contributed by atoms with Gasteiger partial charge in [0.2, 0.25) is 10.0 Å². The molecule has 0 bridgehead atoms. The van der Waals surface area contributed by atoms with Crippen LogP contribution in [0.15, 0.2) is 17.0 Å². The van der Waals surface area contributed by atoms with E-state index in [1.165, 1.54) is 16.4 Å². The minimum atomic E-state index is -3.53. The molecule has 1 aromatic carbocycles. The van der Waals surface area contributed by atoms with Gasteiger partial charge in [-0.05, 0) is 44.5 Å². The van der Waals surface area contributed by atoms with E-state index in [2.05, 4.69) is 5.32 Å². The topological polar surface area (TPSA) is 49.4 Å². The first-order valence-electron chi connectivity index (χ1n) is 7.40. The van der Waals surface area contributed by atoms with Gasteiger partial charge in [-0.25, -0.2) is 12.8 Å². The van der Waals surface area contributed by atoms with E-state index in [4.69, 9.17) is 0 Å². The Hall–Kier alpha value is -0.980. The summed E-state index contributed by atoms with van der Waals surface area (Å²) >= 11 is 0. The maximum atomic E-state index is 14.0. The Kier molecular flexibility index (Phi) is 5.35. The molecule has 1 fully saturated rings. The third-order valence-corrected chi connectivity index (χ3v) is 5.75. The number of hydrogen-bond acceptors (Lipinski definition) is 3. The molecule has 1 aromatic rings. The molecule has 0 spiro atoms. The molecule has 1 aliphatic heterocycles. The number of nitrogens with zero attached hydrogens (tertiary/aromatic N) is 1. The molecular formula is C15H23FN2O2S. The standard InChI is InChI=1S/C15H23FN2O2S/c1-12-9-14(10-13(11-17-2)15(12)16)21(19,20)18-7-5-3-4-6-8-18/h9-10,17H,3-8,11H2,1-2H3. The molecule has 2 rings (SSSR count). The highest BCUT2D eigenvalue weighted by Crippen LogP contribution is 2.24. The molecule has 1 saturated heterocycles. The average molecular weight is 314 g/mol. The van der Waals surface area contributed by atoms with Crippen molar-refractivity contribution < 1.29 is 12.8 Å². The number of benzene rings is 1. The average Bonchev–Trinajstić information content (AvgIpc) is 2.73. The molecule has 0 atom stereocenters. The van der Waals surface area contributed by atoms with Gasteiger partial charge in [0, 0.05) is 25.2 Å². The van der Waals surface area contributed by atoms with E-state index in [0.29, 0.717) is 30.8 Å². The number of aryl methyl sites for hydroxylation is 1. The molecule has 118 valence electrons. The monoisotopic (exact) mass is 314 g/mol. The highest BCUT2D eigenvalue weighted by atomic mass is 32.2. The lowest BCUT2D eigenvalue weighted by atomic mass is 10.1. The van der Waals surface area contributed by atoms with Crippen molar-refractivity contribution in [3.8, 4) is 0 Å². The summed E-state index contributed by atoms with van der Waals surface area (Å²) in [5.74, 6) is -0.334. The van der Waals surface area contributed by atoms with Crippen molar-refractivity contribution >= 4 is 10.0 Å². The van der Waals surface area contributed by atoms with E-state index in [0.717, 1.165) is 25.7 Å². The fraction of sp³-hybridized carbons (Fsp3) is 0.600. The smallest absolute Gasteiger partial charge is 0.243 e. The number of halogens is 1. The molecule has 1 N–H and O–H groups in total. The van der Waals surface area contributed by atoms with Crippen molar-refractivity contribution in [1.29, 1.82) is 0 Å². The van der Waals surface area contributed by atoms with Crippen LogP contribution in [-0.4, -0.2) is 32.9 Å². The first-order chi connectivity index (χ1) is 9.96. The van der Waals surface area contributed by atoms with Crippen LogP contribution in [0.4, 0.5) is 4.39 Å². The number of hydrogen-bond donors (Lipinski definition) is 1. The van der Waals surface area contributed by atoms with E-state index in [9.17, 15) is 12.8 Å². The van der Waals surface area contributed by atoms with Gasteiger partial charge < -0.3 is 5.32 Å². The predicted molar refractivity (Wildman–Crippen MR) is 81.1 cm³/mol. The largest absolute Gasteiger partial charge is 0.316 e. The van der Waals surface area contributed by atoms with Gasteiger partial charge in [-0.15, -0.1) is 0 Å². The van der Waals surface area contributed by atoms with E-state index in [1.54, 1.807) is 14.0 Å². The van der Waals surface area contributed by atoms with Crippen LogP contribution in [0.2, 0.25) is 0 Å². The summed E-state index contributed by atoms with van der Waals surface area (Å²) in [5, 5.41) is 2.87. The van der Waals surface area contributed by atoms with Crippen molar-refractivity contribution in [3.63, 3.8) is 0 Å². The third-order valence-electron chi connectivity index (χ3n) is 3.87. The molecular weight excluding hydrogens is 291 g/mol. The van der Waals surface area contributed by atoms with Crippen LogP contribution in [0.1, 0.15) is 36.8 Å². The van der Waals surface area contributed by atoms with Gasteiger partial charge in [0.1, 0.15) is 5.82 Å². The fourth-order valence-corrected chi connectivity index (χ4v) is 4.36. The number of sulfonamides is 1. The molecule has 0 aromatic heterocycles. The third kappa shape index (κ3) is 3.62. The molecule has 0 unspecified atom stereocenters. The summed E-state index contributed by atoms with van der Waals surface area (Å²) in [4.78, 5) is 0.202. The zero-order valence-corrected chi connectivity index (χ0v) is 13.5. The van der Waals surface area contributed by atoms with Gasteiger partial charge in [-0.1, -0.05) is 12.8 Å². The zero-order valence-electron chi connectivity index (χ0n) is 12.7. The summed E-state index contributed by atoms with van der Waals surface area (Å²) in [7, 11) is -1.81. The molecule has 1 heterocycles. The first-order valence-corrected chi connectivity index (χ1v) is 8.84. The van der Waals surface area contributed by atoms with Crippen LogP contribution in [-0.2, 0) is 16.6 Å². The van der Waals surface area contributed by atoms with Gasteiger partial charge in [-0.3, -0.25) is 0 Å². The second kappa shape index (κ2) is 6.85. The SMILES string of the molecule is CNCc1cc(S(=O)(=O)N2CCCCCC2)cc(C)c1F. The first kappa shape index (κ1) is 16.4. The molecule has 0 amide bonds. The maximum absolute atomic E-state index is 14.0. The summed E-state index contributed by atoms with van der Waals surface area (Å²) in [6.07, 6.45) is 3.92. The Morgan fingerprint density at radius 1 is 1.19 bits per heavy atom. The Morgan fingerprint density at radius 3 is 2.38 bits per heavy atom. The van der Waals surface area contributed by atoms with Crippen LogP contribution in [0.3, 0.4) is 0 Å². The lowest BCUT2D eigenvalue weighted by Gasteiger charge is -2.21. The van der Waals surface area contributed by atoms with Gasteiger partial charge >= 0.3 is 0 Å². The second-order valence-electron chi connectivity index (χ2n) is 5.56. The summed E-state index contributed by atoms with van der Waals surface area (Å²) in [5.41, 5.74) is 0.766. The molecule has 4 nitrogen and oxygen atoms in total.